The van der Waals surface area contributed by atoms with Gasteiger partial charge in [-0.3, -0.25) is 0 Å². The summed E-state index contributed by atoms with van der Waals surface area (Å²) in [6.45, 7) is 4.35. The number of hydrogen-bond donors (Lipinski definition) is 1. The Bertz CT molecular complexity index is 451. The summed E-state index contributed by atoms with van der Waals surface area (Å²) < 4.78 is 1.43. The van der Waals surface area contributed by atoms with Crippen molar-refractivity contribution < 1.29 is 0 Å². The van der Waals surface area contributed by atoms with Crippen LogP contribution >= 0.6 is 0 Å². The Kier molecular flexibility index (Phi) is 3.28. The molecule has 0 aliphatic rings. The molecule has 2 heterocycles. The standard InChI is InChI=1S/C10H16N6/c1-3-5-8(4-2)11-9-6-7-10-12-14-15-16(10)13-9/h6-8H,3-5H2,1-2H3,(H,11,13). The summed E-state index contributed by atoms with van der Waals surface area (Å²) in [6.07, 6.45) is 3.40. The van der Waals surface area contributed by atoms with Crippen molar-refractivity contribution in [3.05, 3.63) is 12.1 Å². The number of nitrogens with one attached hydrogen (secondary N) is 1. The molecule has 2 aromatic rings. The summed E-state index contributed by atoms with van der Waals surface area (Å²) in [4.78, 5) is 0. The second kappa shape index (κ2) is 4.87. The first-order valence-corrected chi connectivity index (χ1v) is 5.65. The van der Waals surface area contributed by atoms with Crippen molar-refractivity contribution in [2.24, 2.45) is 0 Å². The largest absolute Gasteiger partial charge is 0.366 e. The average Bonchev–Trinajstić information content (AvgIpc) is 2.75. The zero-order valence-corrected chi connectivity index (χ0v) is 9.59. The highest BCUT2D eigenvalue weighted by Crippen LogP contribution is 2.10. The molecule has 1 unspecified atom stereocenters. The summed E-state index contributed by atoms with van der Waals surface area (Å²) in [5.41, 5.74) is 0.661. The van der Waals surface area contributed by atoms with Gasteiger partial charge in [0.15, 0.2) is 5.65 Å². The Morgan fingerprint density at radius 1 is 1.38 bits per heavy atom. The Morgan fingerprint density at radius 3 is 3.00 bits per heavy atom. The summed E-state index contributed by atoms with van der Waals surface area (Å²) in [5, 5.41) is 18.8. The minimum atomic E-state index is 0.464. The fourth-order valence-corrected chi connectivity index (χ4v) is 1.66. The van der Waals surface area contributed by atoms with E-state index in [9.17, 15) is 0 Å². The molecule has 1 atom stereocenters. The van der Waals surface area contributed by atoms with Crippen LogP contribution in [0, 0.1) is 0 Å². The minimum Gasteiger partial charge on any atom is -0.366 e. The Labute approximate surface area is 94.0 Å². The first-order valence-electron chi connectivity index (χ1n) is 5.65. The summed E-state index contributed by atoms with van der Waals surface area (Å²) >= 11 is 0. The van der Waals surface area contributed by atoms with Gasteiger partial charge < -0.3 is 5.32 Å². The molecule has 0 radical (unpaired) electrons. The van der Waals surface area contributed by atoms with E-state index in [0.29, 0.717) is 11.7 Å². The van der Waals surface area contributed by atoms with Crippen LogP contribution in [-0.2, 0) is 0 Å². The third-order valence-corrected chi connectivity index (χ3v) is 2.55. The van der Waals surface area contributed by atoms with Crippen LogP contribution in [0.1, 0.15) is 33.1 Å². The number of hydrogen-bond acceptors (Lipinski definition) is 5. The lowest BCUT2D eigenvalue weighted by Crippen LogP contribution is -2.19. The number of aromatic nitrogens is 5. The number of tetrazole rings is 1. The number of rotatable bonds is 5. The van der Waals surface area contributed by atoms with E-state index in [1.165, 1.54) is 11.1 Å². The van der Waals surface area contributed by atoms with Crippen molar-refractivity contribution in [1.29, 1.82) is 0 Å². The molecule has 2 aromatic heterocycles. The van der Waals surface area contributed by atoms with Gasteiger partial charge in [0.25, 0.3) is 0 Å². The first-order chi connectivity index (χ1) is 7.83. The van der Waals surface area contributed by atoms with E-state index in [-0.39, 0.29) is 0 Å². The van der Waals surface area contributed by atoms with E-state index in [0.717, 1.165) is 18.7 Å². The van der Waals surface area contributed by atoms with Crippen LogP contribution in [-0.4, -0.2) is 31.3 Å². The lowest BCUT2D eigenvalue weighted by atomic mass is 10.1. The van der Waals surface area contributed by atoms with Gasteiger partial charge in [0.2, 0.25) is 0 Å². The normalized spacial score (nSPS) is 12.9. The fraction of sp³-hybridized carbons (Fsp3) is 0.600. The topological polar surface area (TPSA) is 68.0 Å². The second-order valence-corrected chi connectivity index (χ2v) is 3.78. The molecule has 0 amide bonds. The van der Waals surface area contributed by atoms with Gasteiger partial charge in [0.1, 0.15) is 5.82 Å². The van der Waals surface area contributed by atoms with Gasteiger partial charge in [-0.1, -0.05) is 20.3 Å². The predicted molar refractivity (Wildman–Crippen MR) is 61.2 cm³/mol. The quantitative estimate of drug-likeness (QED) is 0.827. The van der Waals surface area contributed by atoms with E-state index >= 15 is 0 Å². The second-order valence-electron chi connectivity index (χ2n) is 3.78. The molecule has 86 valence electrons. The third-order valence-electron chi connectivity index (χ3n) is 2.55. The first kappa shape index (κ1) is 10.8. The maximum absolute atomic E-state index is 4.27. The number of nitrogens with zero attached hydrogens (tertiary/aromatic N) is 5. The smallest absolute Gasteiger partial charge is 0.200 e. The van der Waals surface area contributed by atoms with Crippen LogP contribution in [0.2, 0.25) is 0 Å². The summed E-state index contributed by atoms with van der Waals surface area (Å²) in [7, 11) is 0. The molecule has 0 spiro atoms. The maximum atomic E-state index is 4.27. The number of fused-ring (bicyclic) bond motifs is 1. The van der Waals surface area contributed by atoms with Gasteiger partial charge in [-0.2, -0.15) is 0 Å². The van der Waals surface area contributed by atoms with Gasteiger partial charge in [0.05, 0.1) is 0 Å². The molecule has 6 heteroatoms. The highest BCUT2D eigenvalue weighted by molar-refractivity contribution is 5.42. The highest BCUT2D eigenvalue weighted by atomic mass is 15.6. The fourth-order valence-electron chi connectivity index (χ4n) is 1.66. The van der Waals surface area contributed by atoms with Crippen molar-refractivity contribution in [2.75, 3.05) is 5.32 Å². The third kappa shape index (κ3) is 2.26. The molecule has 0 aliphatic carbocycles. The molecular formula is C10H16N6. The van der Waals surface area contributed by atoms with Gasteiger partial charge >= 0.3 is 0 Å². The van der Waals surface area contributed by atoms with E-state index in [2.05, 4.69) is 39.8 Å². The van der Waals surface area contributed by atoms with E-state index < -0.39 is 0 Å². The van der Waals surface area contributed by atoms with Crippen molar-refractivity contribution in [3.63, 3.8) is 0 Å². The molecule has 0 aliphatic heterocycles. The van der Waals surface area contributed by atoms with E-state index in [1.54, 1.807) is 0 Å². The summed E-state index contributed by atoms with van der Waals surface area (Å²) in [5.74, 6) is 0.820. The molecular weight excluding hydrogens is 204 g/mol. The Morgan fingerprint density at radius 2 is 2.25 bits per heavy atom. The highest BCUT2D eigenvalue weighted by Gasteiger charge is 2.06. The molecule has 6 nitrogen and oxygen atoms in total. The maximum Gasteiger partial charge on any atom is 0.200 e. The zero-order valence-electron chi connectivity index (χ0n) is 9.59. The SMILES string of the molecule is CCCC(CC)Nc1ccc2nnnn2n1. The minimum absolute atomic E-state index is 0.464. The van der Waals surface area contributed by atoms with Crippen molar-refractivity contribution in [3.8, 4) is 0 Å². The Balaban J connectivity index is 2.13. The molecule has 0 saturated heterocycles. The van der Waals surface area contributed by atoms with Crippen molar-refractivity contribution in [1.82, 2.24) is 25.3 Å². The molecule has 2 rings (SSSR count). The summed E-state index contributed by atoms with van der Waals surface area (Å²) in [6, 6.07) is 4.23. The molecule has 16 heavy (non-hydrogen) atoms. The molecule has 0 saturated carbocycles. The predicted octanol–water partition coefficient (Wildman–Crippen LogP) is 1.51. The monoisotopic (exact) mass is 220 g/mol. The van der Waals surface area contributed by atoms with Crippen LogP contribution in [0.15, 0.2) is 12.1 Å². The van der Waals surface area contributed by atoms with Crippen LogP contribution < -0.4 is 5.32 Å². The lowest BCUT2D eigenvalue weighted by Gasteiger charge is -2.15. The van der Waals surface area contributed by atoms with E-state index in [1.807, 2.05) is 12.1 Å². The zero-order chi connectivity index (χ0) is 11.4. The van der Waals surface area contributed by atoms with Gasteiger partial charge in [0, 0.05) is 6.04 Å². The van der Waals surface area contributed by atoms with Gasteiger partial charge in [-0.05, 0) is 35.4 Å². The van der Waals surface area contributed by atoms with Crippen molar-refractivity contribution in [2.45, 2.75) is 39.2 Å². The van der Waals surface area contributed by atoms with Crippen LogP contribution in [0.3, 0.4) is 0 Å². The van der Waals surface area contributed by atoms with Crippen LogP contribution in [0.4, 0.5) is 5.82 Å². The molecule has 1 N–H and O–H groups in total. The van der Waals surface area contributed by atoms with E-state index in [4.69, 9.17) is 0 Å². The Hall–Kier alpha value is -1.72. The van der Waals surface area contributed by atoms with Gasteiger partial charge in [-0.25, -0.2) is 0 Å². The molecule has 0 aromatic carbocycles. The molecule has 0 bridgehead atoms. The van der Waals surface area contributed by atoms with Crippen LogP contribution in [0.5, 0.6) is 0 Å². The van der Waals surface area contributed by atoms with Crippen LogP contribution in [0.25, 0.3) is 5.65 Å². The average molecular weight is 220 g/mol. The number of anilines is 1. The van der Waals surface area contributed by atoms with Gasteiger partial charge in [-0.15, -0.1) is 14.8 Å². The molecule has 0 fully saturated rings. The van der Waals surface area contributed by atoms with Crippen molar-refractivity contribution >= 4 is 11.5 Å². The lowest BCUT2D eigenvalue weighted by molar-refractivity contribution is 0.615.